The summed E-state index contributed by atoms with van der Waals surface area (Å²) in [5.74, 6) is -0.214. The van der Waals surface area contributed by atoms with E-state index >= 15 is 0 Å². The fraction of sp³-hybridized carbons (Fsp3) is 0.0909. The largest absolute Gasteiger partial charge is 1.00 e. The summed E-state index contributed by atoms with van der Waals surface area (Å²) in [6.07, 6.45) is 0. The van der Waals surface area contributed by atoms with E-state index in [1.54, 1.807) is 13.1 Å². The SMILES string of the molecule is CNc1c[c-]cc2cc(S(=O)(=O)O)cc(O)c12.[Na+]. The molecule has 0 atom stereocenters. The molecule has 0 aliphatic rings. The molecule has 0 aliphatic heterocycles. The minimum absolute atomic E-state index is 0. The van der Waals surface area contributed by atoms with Crippen LogP contribution in [-0.4, -0.2) is 25.1 Å². The summed E-state index contributed by atoms with van der Waals surface area (Å²) in [4.78, 5) is -0.343. The number of fused-ring (bicyclic) bond motifs is 1. The first-order valence-electron chi connectivity index (χ1n) is 4.75. The third-order valence-corrected chi connectivity index (χ3v) is 3.26. The van der Waals surface area contributed by atoms with Crippen LogP contribution in [0.3, 0.4) is 0 Å². The Hall–Kier alpha value is -0.790. The third kappa shape index (κ3) is 2.78. The first-order valence-corrected chi connectivity index (χ1v) is 6.19. The first kappa shape index (κ1) is 15.3. The topological polar surface area (TPSA) is 86.6 Å². The van der Waals surface area contributed by atoms with Gasteiger partial charge in [0.15, 0.2) is 0 Å². The maximum Gasteiger partial charge on any atom is 1.00 e. The van der Waals surface area contributed by atoms with Gasteiger partial charge in [0.1, 0.15) is 5.75 Å². The second-order valence-corrected chi connectivity index (χ2v) is 4.92. The smallest absolute Gasteiger partial charge is 0.509 e. The van der Waals surface area contributed by atoms with Crippen molar-refractivity contribution in [3.63, 3.8) is 0 Å². The Balaban J connectivity index is 0.00000162. The number of benzene rings is 2. The Labute approximate surface area is 127 Å². The zero-order valence-corrected chi connectivity index (χ0v) is 12.7. The fourth-order valence-electron chi connectivity index (χ4n) is 1.66. The minimum Gasteiger partial charge on any atom is -0.509 e. The molecule has 0 spiro atoms. The average molecular weight is 275 g/mol. The molecular weight excluding hydrogens is 265 g/mol. The second kappa shape index (κ2) is 5.46. The van der Waals surface area contributed by atoms with Gasteiger partial charge < -0.3 is 10.4 Å². The van der Waals surface area contributed by atoms with E-state index in [2.05, 4.69) is 11.4 Å². The predicted molar refractivity (Wildman–Crippen MR) is 63.8 cm³/mol. The molecule has 0 fully saturated rings. The molecule has 7 heteroatoms. The molecule has 0 bridgehead atoms. The number of aromatic hydroxyl groups is 1. The molecule has 90 valence electrons. The van der Waals surface area contributed by atoms with E-state index in [1.807, 2.05) is 0 Å². The van der Waals surface area contributed by atoms with Gasteiger partial charge >= 0.3 is 29.6 Å². The van der Waals surface area contributed by atoms with Gasteiger partial charge in [0.05, 0.1) is 4.90 Å². The summed E-state index contributed by atoms with van der Waals surface area (Å²) in [6.45, 7) is 0. The van der Waals surface area contributed by atoms with Gasteiger partial charge in [0.25, 0.3) is 10.1 Å². The Bertz CT molecular complexity index is 685. The van der Waals surface area contributed by atoms with Crippen LogP contribution < -0.4 is 34.9 Å². The molecule has 0 aliphatic carbocycles. The maximum atomic E-state index is 11.0. The molecule has 0 unspecified atom stereocenters. The molecular formula is C11H10NNaO4S. The van der Waals surface area contributed by atoms with Gasteiger partial charge in [0, 0.05) is 0 Å². The molecule has 0 radical (unpaired) electrons. The number of hydrogen-bond acceptors (Lipinski definition) is 4. The number of nitrogens with one attached hydrogen (secondary N) is 1. The molecule has 0 heterocycles. The average Bonchev–Trinajstić information content (AvgIpc) is 2.26. The maximum absolute atomic E-state index is 11.0. The molecule has 0 aromatic heterocycles. The zero-order chi connectivity index (χ0) is 12.6. The van der Waals surface area contributed by atoms with E-state index in [0.29, 0.717) is 16.5 Å². The van der Waals surface area contributed by atoms with Crippen molar-refractivity contribution in [1.82, 2.24) is 0 Å². The van der Waals surface area contributed by atoms with E-state index in [1.165, 1.54) is 12.1 Å². The van der Waals surface area contributed by atoms with E-state index in [0.717, 1.165) is 6.07 Å². The van der Waals surface area contributed by atoms with Crippen molar-refractivity contribution in [1.29, 1.82) is 0 Å². The summed E-state index contributed by atoms with van der Waals surface area (Å²) in [7, 11) is -2.65. The van der Waals surface area contributed by atoms with Crippen LogP contribution in [0, 0.1) is 6.07 Å². The molecule has 0 saturated carbocycles. The van der Waals surface area contributed by atoms with Crippen LogP contribution in [0.2, 0.25) is 0 Å². The summed E-state index contributed by atoms with van der Waals surface area (Å²) in [5, 5.41) is 13.6. The van der Waals surface area contributed by atoms with Crippen LogP contribution >= 0.6 is 0 Å². The Morgan fingerprint density at radius 1 is 1.28 bits per heavy atom. The second-order valence-electron chi connectivity index (χ2n) is 3.50. The van der Waals surface area contributed by atoms with Crippen LogP contribution in [0.5, 0.6) is 5.75 Å². The van der Waals surface area contributed by atoms with E-state index in [-0.39, 0.29) is 40.2 Å². The first-order chi connectivity index (χ1) is 7.93. The van der Waals surface area contributed by atoms with Crippen molar-refractivity contribution in [2.24, 2.45) is 0 Å². The van der Waals surface area contributed by atoms with Crippen molar-refractivity contribution in [3.8, 4) is 5.75 Å². The van der Waals surface area contributed by atoms with Crippen molar-refractivity contribution >= 4 is 26.6 Å². The van der Waals surface area contributed by atoms with Gasteiger partial charge in [-0.25, -0.2) is 0 Å². The standard InChI is InChI=1S/C11H10NO4S.Na/c1-12-9-4-2-3-7-5-8(17(14,15)16)6-10(13)11(7)9;/h3-6,12-13H,1H3,(H,14,15,16);/q-1;+1. The summed E-state index contributed by atoms with van der Waals surface area (Å²) >= 11 is 0. The van der Waals surface area contributed by atoms with Gasteiger partial charge in [-0.05, 0) is 13.1 Å². The molecule has 18 heavy (non-hydrogen) atoms. The molecule has 0 saturated heterocycles. The van der Waals surface area contributed by atoms with Gasteiger partial charge in [-0.3, -0.25) is 4.55 Å². The number of phenolic OH excluding ortho intramolecular Hbond substituents is 1. The van der Waals surface area contributed by atoms with Crippen molar-refractivity contribution < 1.29 is 47.6 Å². The van der Waals surface area contributed by atoms with Crippen molar-refractivity contribution in [2.45, 2.75) is 4.90 Å². The molecule has 5 nitrogen and oxygen atoms in total. The van der Waals surface area contributed by atoms with Gasteiger partial charge in [-0.2, -0.15) is 26.6 Å². The van der Waals surface area contributed by atoms with Crippen LogP contribution in [0.4, 0.5) is 5.69 Å². The summed E-state index contributed by atoms with van der Waals surface area (Å²) in [6, 6.07) is 8.27. The normalized spacial score (nSPS) is 11.0. The number of hydrogen-bond donors (Lipinski definition) is 3. The zero-order valence-electron chi connectivity index (χ0n) is 9.93. The number of anilines is 1. The molecule has 2 aromatic rings. The minimum atomic E-state index is -4.33. The van der Waals surface area contributed by atoms with Crippen LogP contribution in [0.25, 0.3) is 10.8 Å². The monoisotopic (exact) mass is 275 g/mol. The molecule has 2 rings (SSSR count). The fourth-order valence-corrected chi connectivity index (χ4v) is 2.20. The van der Waals surface area contributed by atoms with Crippen LogP contribution in [0.1, 0.15) is 0 Å². The van der Waals surface area contributed by atoms with Crippen LogP contribution in [-0.2, 0) is 10.1 Å². The quantitative estimate of drug-likeness (QED) is 0.358. The molecule has 3 N–H and O–H groups in total. The third-order valence-electron chi connectivity index (χ3n) is 2.42. The van der Waals surface area contributed by atoms with Gasteiger partial charge in [-0.1, -0.05) is 17.1 Å². The molecule has 0 amide bonds. The van der Waals surface area contributed by atoms with E-state index in [9.17, 15) is 13.5 Å². The summed E-state index contributed by atoms with van der Waals surface area (Å²) in [5.41, 5.74) is 0.627. The Morgan fingerprint density at radius 2 is 1.94 bits per heavy atom. The van der Waals surface area contributed by atoms with Gasteiger partial charge in [-0.15, -0.1) is 5.39 Å². The molecule has 2 aromatic carbocycles. The number of phenols is 1. The van der Waals surface area contributed by atoms with E-state index in [4.69, 9.17) is 4.55 Å². The number of rotatable bonds is 2. The van der Waals surface area contributed by atoms with Crippen LogP contribution in [0.15, 0.2) is 29.2 Å². The predicted octanol–water partition coefficient (Wildman–Crippen LogP) is -1.36. The van der Waals surface area contributed by atoms with Crippen molar-refractivity contribution in [3.05, 3.63) is 30.3 Å². The van der Waals surface area contributed by atoms with Gasteiger partial charge in [0.2, 0.25) is 0 Å². The van der Waals surface area contributed by atoms with Crippen molar-refractivity contribution in [2.75, 3.05) is 12.4 Å². The Morgan fingerprint density at radius 3 is 2.50 bits per heavy atom. The Kier molecular flexibility index (Phi) is 4.63. The van der Waals surface area contributed by atoms with E-state index < -0.39 is 10.1 Å². The summed E-state index contributed by atoms with van der Waals surface area (Å²) < 4.78 is 30.9.